The highest BCUT2D eigenvalue weighted by molar-refractivity contribution is 5.82. The molecule has 0 aromatic rings. The third-order valence-corrected chi connectivity index (χ3v) is 4.19. The number of morpholine rings is 1. The minimum absolute atomic E-state index is 0.0316. The van der Waals surface area contributed by atoms with Gasteiger partial charge >= 0.3 is 12.1 Å². The van der Waals surface area contributed by atoms with Crippen LogP contribution in [0.3, 0.4) is 0 Å². The van der Waals surface area contributed by atoms with E-state index in [9.17, 15) is 18.0 Å². The molecule has 6 heteroatoms. The first-order valence-electron chi connectivity index (χ1n) is 6.03. The molecule has 3 atom stereocenters. The van der Waals surface area contributed by atoms with Crippen molar-refractivity contribution in [3.63, 3.8) is 0 Å². The minimum Gasteiger partial charge on any atom is -0.367 e. The minimum atomic E-state index is -4.80. The number of amides is 1. The summed E-state index contributed by atoms with van der Waals surface area (Å²) in [5, 5.41) is 0. The highest BCUT2D eigenvalue weighted by Crippen LogP contribution is 2.51. The second-order valence-corrected chi connectivity index (χ2v) is 6.27. The van der Waals surface area contributed by atoms with Crippen molar-refractivity contribution >= 4 is 5.91 Å². The largest absolute Gasteiger partial charge is 0.471 e. The van der Waals surface area contributed by atoms with Gasteiger partial charge in [-0.05, 0) is 12.3 Å². The van der Waals surface area contributed by atoms with Crippen LogP contribution in [-0.4, -0.2) is 41.3 Å². The summed E-state index contributed by atoms with van der Waals surface area (Å²) in [5.41, 5.74) is -0.950. The molecule has 2 aliphatic rings. The molecule has 0 aliphatic carbocycles. The highest BCUT2D eigenvalue weighted by atomic mass is 19.4. The zero-order chi connectivity index (χ0) is 13.9. The van der Waals surface area contributed by atoms with Gasteiger partial charge in [0.05, 0.1) is 24.3 Å². The van der Waals surface area contributed by atoms with E-state index in [4.69, 9.17) is 4.74 Å². The number of alkyl halides is 3. The number of carbonyl (C=O) groups excluding carboxylic acids is 1. The molecule has 1 unspecified atom stereocenters. The average Bonchev–Trinajstić information content (AvgIpc) is 2.69. The van der Waals surface area contributed by atoms with Crippen molar-refractivity contribution in [3.05, 3.63) is 0 Å². The first kappa shape index (κ1) is 13.6. The Hall–Kier alpha value is -0.780. The SMILES string of the molecule is C[C@@H]1OC2(C(C)(C)C)C[C@H]1N(C(=O)C(F)(F)F)C2. The van der Waals surface area contributed by atoms with E-state index < -0.39 is 23.7 Å². The summed E-state index contributed by atoms with van der Waals surface area (Å²) in [5.74, 6) is -1.74. The summed E-state index contributed by atoms with van der Waals surface area (Å²) >= 11 is 0. The molecule has 104 valence electrons. The molecule has 2 heterocycles. The van der Waals surface area contributed by atoms with Gasteiger partial charge in [-0.1, -0.05) is 20.8 Å². The molecule has 0 N–H and O–H groups in total. The van der Waals surface area contributed by atoms with Crippen molar-refractivity contribution < 1.29 is 22.7 Å². The number of fused-ring (bicyclic) bond motifs is 2. The van der Waals surface area contributed by atoms with Crippen LogP contribution in [0.25, 0.3) is 0 Å². The summed E-state index contributed by atoms with van der Waals surface area (Å²) in [4.78, 5) is 12.4. The molecule has 0 aromatic carbocycles. The molecule has 0 radical (unpaired) electrons. The van der Waals surface area contributed by atoms with Gasteiger partial charge in [0.1, 0.15) is 0 Å². The van der Waals surface area contributed by atoms with Gasteiger partial charge in [0.15, 0.2) is 0 Å². The van der Waals surface area contributed by atoms with Crippen molar-refractivity contribution in [2.75, 3.05) is 6.54 Å². The van der Waals surface area contributed by atoms with Gasteiger partial charge < -0.3 is 9.64 Å². The van der Waals surface area contributed by atoms with Crippen molar-refractivity contribution in [2.45, 2.75) is 58.0 Å². The second kappa shape index (κ2) is 3.62. The Morgan fingerprint density at radius 3 is 2.28 bits per heavy atom. The Kier molecular flexibility index (Phi) is 2.74. The molecule has 1 amide bonds. The van der Waals surface area contributed by atoms with E-state index in [0.29, 0.717) is 6.42 Å². The number of nitrogens with zero attached hydrogens (tertiary/aromatic N) is 1. The quantitative estimate of drug-likeness (QED) is 0.673. The van der Waals surface area contributed by atoms with Gasteiger partial charge in [0.25, 0.3) is 0 Å². The van der Waals surface area contributed by atoms with E-state index in [0.717, 1.165) is 4.90 Å². The van der Waals surface area contributed by atoms with Gasteiger partial charge in [0, 0.05) is 6.42 Å². The monoisotopic (exact) mass is 265 g/mol. The van der Waals surface area contributed by atoms with Crippen LogP contribution in [0.5, 0.6) is 0 Å². The molecule has 18 heavy (non-hydrogen) atoms. The van der Waals surface area contributed by atoms with Crippen molar-refractivity contribution in [2.24, 2.45) is 5.41 Å². The fourth-order valence-corrected chi connectivity index (χ4v) is 2.95. The lowest BCUT2D eigenvalue weighted by atomic mass is 9.76. The van der Waals surface area contributed by atoms with E-state index in [-0.39, 0.29) is 18.1 Å². The molecular weight excluding hydrogens is 247 g/mol. The van der Waals surface area contributed by atoms with Crippen molar-refractivity contribution in [1.82, 2.24) is 4.90 Å². The zero-order valence-corrected chi connectivity index (χ0v) is 11.0. The maximum absolute atomic E-state index is 12.5. The number of rotatable bonds is 0. The number of carbonyl (C=O) groups is 1. The Morgan fingerprint density at radius 2 is 1.89 bits per heavy atom. The van der Waals surface area contributed by atoms with Gasteiger partial charge in [-0.3, -0.25) is 4.79 Å². The maximum Gasteiger partial charge on any atom is 0.471 e. The Labute approximate surface area is 104 Å². The summed E-state index contributed by atoms with van der Waals surface area (Å²) < 4.78 is 43.5. The lowest BCUT2D eigenvalue weighted by molar-refractivity contribution is -0.199. The molecule has 2 bridgehead atoms. The average molecular weight is 265 g/mol. The predicted octanol–water partition coefficient (Wildman–Crippen LogP) is 2.35. The third-order valence-electron chi connectivity index (χ3n) is 4.19. The maximum atomic E-state index is 12.5. The molecule has 3 nitrogen and oxygen atoms in total. The second-order valence-electron chi connectivity index (χ2n) is 6.27. The van der Waals surface area contributed by atoms with Gasteiger partial charge in [-0.15, -0.1) is 0 Å². The van der Waals surface area contributed by atoms with Crippen LogP contribution >= 0.6 is 0 Å². The molecule has 2 fully saturated rings. The fourth-order valence-electron chi connectivity index (χ4n) is 2.95. The summed E-state index contributed by atoms with van der Waals surface area (Å²) in [7, 11) is 0. The van der Waals surface area contributed by atoms with Crippen LogP contribution in [0.2, 0.25) is 0 Å². The lowest BCUT2D eigenvalue weighted by Gasteiger charge is -2.43. The third kappa shape index (κ3) is 1.81. The lowest BCUT2D eigenvalue weighted by Crippen LogP contribution is -2.56. The first-order chi connectivity index (χ1) is 7.98. The predicted molar refractivity (Wildman–Crippen MR) is 58.9 cm³/mol. The van der Waals surface area contributed by atoms with Crippen LogP contribution in [-0.2, 0) is 9.53 Å². The molecule has 2 saturated heterocycles. The van der Waals surface area contributed by atoms with Crippen LogP contribution in [0.1, 0.15) is 34.1 Å². The van der Waals surface area contributed by atoms with Crippen LogP contribution in [0, 0.1) is 5.41 Å². The molecule has 0 aromatic heterocycles. The van der Waals surface area contributed by atoms with Crippen LogP contribution in [0.4, 0.5) is 13.2 Å². The van der Waals surface area contributed by atoms with Gasteiger partial charge in [-0.25, -0.2) is 0 Å². The molecule has 2 aliphatic heterocycles. The summed E-state index contributed by atoms with van der Waals surface area (Å²) in [6, 6.07) is -0.460. The van der Waals surface area contributed by atoms with Crippen molar-refractivity contribution in [3.8, 4) is 0 Å². The number of hydrogen-bond acceptors (Lipinski definition) is 2. The van der Waals surface area contributed by atoms with E-state index in [1.165, 1.54) is 0 Å². The molecule has 2 rings (SSSR count). The van der Waals surface area contributed by atoms with Crippen molar-refractivity contribution in [1.29, 1.82) is 0 Å². The van der Waals surface area contributed by atoms with E-state index >= 15 is 0 Å². The van der Waals surface area contributed by atoms with Gasteiger partial charge in [0.2, 0.25) is 0 Å². The van der Waals surface area contributed by atoms with E-state index in [2.05, 4.69) is 0 Å². The number of likely N-dealkylation sites (tertiary alicyclic amines) is 1. The van der Waals surface area contributed by atoms with E-state index in [1.807, 2.05) is 20.8 Å². The summed E-state index contributed by atoms with van der Waals surface area (Å²) in [6.07, 6.45) is -4.66. The summed E-state index contributed by atoms with van der Waals surface area (Å²) in [6.45, 7) is 7.56. The van der Waals surface area contributed by atoms with E-state index in [1.54, 1.807) is 6.92 Å². The molecule has 0 saturated carbocycles. The number of halogens is 3. The topological polar surface area (TPSA) is 29.5 Å². The number of ether oxygens (including phenoxy) is 1. The normalized spacial score (nSPS) is 36.3. The Bertz CT molecular complexity index is 374. The Morgan fingerprint density at radius 1 is 1.33 bits per heavy atom. The standard InChI is InChI=1S/C12H18F3NO2/c1-7-8-5-11(18-7,10(2,3)4)6-16(8)9(17)12(13,14)15/h7-8H,5-6H2,1-4H3/t7-,8+,11?/m0/s1. The molecule has 0 spiro atoms. The number of hydrogen-bond donors (Lipinski definition) is 0. The smallest absolute Gasteiger partial charge is 0.367 e. The molecular formula is C12H18F3NO2. The fraction of sp³-hybridized carbons (Fsp3) is 0.917. The zero-order valence-electron chi connectivity index (χ0n) is 11.0. The van der Waals surface area contributed by atoms with Crippen LogP contribution in [0.15, 0.2) is 0 Å². The highest BCUT2D eigenvalue weighted by Gasteiger charge is 2.63. The first-order valence-corrected chi connectivity index (χ1v) is 6.03. The van der Waals surface area contributed by atoms with Crippen LogP contribution < -0.4 is 0 Å². The Balaban J connectivity index is 2.28. The van der Waals surface area contributed by atoms with Gasteiger partial charge in [-0.2, -0.15) is 13.2 Å².